The fraction of sp³-hybridized carbons (Fsp3) is 0.200. The molecule has 0 radical (unpaired) electrons. The van der Waals surface area contributed by atoms with Gasteiger partial charge in [-0.2, -0.15) is 0 Å². The third-order valence-electron chi connectivity index (χ3n) is 6.03. The molecule has 0 aliphatic carbocycles. The second-order valence-electron chi connectivity index (χ2n) is 8.19. The maximum atomic E-state index is 13.9. The van der Waals surface area contributed by atoms with Gasteiger partial charge in [0.05, 0.1) is 28.5 Å². The van der Waals surface area contributed by atoms with Gasteiger partial charge in [-0.25, -0.2) is 18.7 Å². The zero-order chi connectivity index (χ0) is 23.7. The van der Waals surface area contributed by atoms with E-state index in [4.69, 9.17) is 0 Å². The van der Waals surface area contributed by atoms with Gasteiger partial charge in [0, 0.05) is 25.1 Å². The van der Waals surface area contributed by atoms with Crippen molar-refractivity contribution in [1.82, 2.24) is 19.4 Å². The molecule has 7 nitrogen and oxygen atoms in total. The second kappa shape index (κ2) is 9.01. The zero-order valence-corrected chi connectivity index (χ0v) is 18.1. The standard InChI is InChI=1S/C25H21F2N5O2/c26-17-5-7-19(20(27)13-17)25(34)31-11-9-16(10-12-31)24(33)30-18-6-8-23(28-14-18)32-15-29-21-3-1-2-4-22(21)32/h1-8,13-16H,9-12H2,(H,30,33). The number of likely N-dealkylation sites (tertiary alicyclic amines) is 1. The van der Waals surface area contributed by atoms with Gasteiger partial charge in [-0.05, 0) is 49.2 Å². The topological polar surface area (TPSA) is 80.1 Å². The number of nitrogens with zero attached hydrogens (tertiary/aromatic N) is 4. The lowest BCUT2D eigenvalue weighted by molar-refractivity contribution is -0.121. The summed E-state index contributed by atoms with van der Waals surface area (Å²) in [6.07, 6.45) is 4.20. The molecule has 0 unspecified atom stereocenters. The molecule has 9 heteroatoms. The van der Waals surface area contributed by atoms with Crippen LogP contribution in [0.4, 0.5) is 14.5 Å². The predicted molar refractivity (Wildman–Crippen MR) is 122 cm³/mol. The van der Waals surface area contributed by atoms with Crippen molar-refractivity contribution in [2.24, 2.45) is 5.92 Å². The molecule has 1 aliphatic heterocycles. The number of hydrogen-bond donors (Lipinski definition) is 1. The molecule has 3 heterocycles. The molecule has 1 saturated heterocycles. The minimum absolute atomic E-state index is 0.150. The number of fused-ring (bicyclic) bond motifs is 1. The fourth-order valence-corrected chi connectivity index (χ4v) is 4.17. The van der Waals surface area contributed by atoms with Gasteiger partial charge in [0.1, 0.15) is 23.8 Å². The highest BCUT2D eigenvalue weighted by Gasteiger charge is 2.29. The molecule has 2 aromatic carbocycles. The third-order valence-corrected chi connectivity index (χ3v) is 6.03. The summed E-state index contributed by atoms with van der Waals surface area (Å²) in [4.78, 5) is 35.6. The quantitative estimate of drug-likeness (QED) is 0.494. The number of carbonyl (C=O) groups excluding carboxylic acids is 2. The number of rotatable bonds is 4. The normalized spacial score (nSPS) is 14.4. The molecule has 2 amide bonds. The van der Waals surface area contributed by atoms with Crippen LogP contribution in [0.2, 0.25) is 0 Å². The van der Waals surface area contributed by atoms with Crippen LogP contribution in [0.1, 0.15) is 23.2 Å². The van der Waals surface area contributed by atoms with E-state index in [-0.39, 0.29) is 17.4 Å². The summed E-state index contributed by atoms with van der Waals surface area (Å²) >= 11 is 0. The molecule has 1 fully saturated rings. The van der Waals surface area contributed by atoms with Crippen molar-refractivity contribution in [3.63, 3.8) is 0 Å². The Bertz CT molecular complexity index is 1360. The Kier molecular flexibility index (Phi) is 5.75. The van der Waals surface area contributed by atoms with E-state index in [1.54, 1.807) is 18.6 Å². The molecule has 4 aromatic rings. The average molecular weight is 461 g/mol. The van der Waals surface area contributed by atoms with Crippen LogP contribution in [-0.2, 0) is 4.79 Å². The Morgan fingerprint density at radius 3 is 2.50 bits per heavy atom. The van der Waals surface area contributed by atoms with Crippen LogP contribution in [0.25, 0.3) is 16.9 Å². The van der Waals surface area contributed by atoms with E-state index in [1.807, 2.05) is 34.9 Å². The van der Waals surface area contributed by atoms with Gasteiger partial charge in [-0.1, -0.05) is 12.1 Å². The molecule has 2 aromatic heterocycles. The van der Waals surface area contributed by atoms with E-state index in [1.165, 1.54) is 4.90 Å². The SMILES string of the molecule is O=C(Nc1ccc(-n2cnc3ccccc32)nc1)C1CCN(C(=O)c2ccc(F)cc2F)CC1. The molecule has 34 heavy (non-hydrogen) atoms. The van der Waals surface area contributed by atoms with E-state index in [2.05, 4.69) is 15.3 Å². The highest BCUT2D eigenvalue weighted by atomic mass is 19.1. The molecule has 0 atom stereocenters. The van der Waals surface area contributed by atoms with E-state index in [9.17, 15) is 18.4 Å². The number of benzene rings is 2. The number of hydrogen-bond acceptors (Lipinski definition) is 4. The summed E-state index contributed by atoms with van der Waals surface area (Å²) < 4.78 is 28.9. The van der Waals surface area contributed by atoms with Gasteiger partial charge >= 0.3 is 0 Å². The van der Waals surface area contributed by atoms with Crippen LogP contribution < -0.4 is 5.32 Å². The number of nitrogens with one attached hydrogen (secondary N) is 1. The number of pyridine rings is 1. The van der Waals surface area contributed by atoms with Crippen molar-refractivity contribution >= 4 is 28.5 Å². The first-order chi connectivity index (χ1) is 16.5. The highest BCUT2D eigenvalue weighted by Crippen LogP contribution is 2.23. The number of carbonyl (C=O) groups is 2. The molecule has 1 aliphatic rings. The lowest BCUT2D eigenvalue weighted by Gasteiger charge is -2.31. The fourth-order valence-electron chi connectivity index (χ4n) is 4.17. The minimum Gasteiger partial charge on any atom is -0.339 e. The van der Waals surface area contributed by atoms with E-state index < -0.39 is 17.5 Å². The van der Waals surface area contributed by atoms with Gasteiger partial charge in [0.2, 0.25) is 5.91 Å². The summed E-state index contributed by atoms with van der Waals surface area (Å²) in [7, 11) is 0. The van der Waals surface area contributed by atoms with E-state index >= 15 is 0 Å². The molecule has 172 valence electrons. The number of halogens is 2. The summed E-state index contributed by atoms with van der Waals surface area (Å²) in [5.41, 5.74) is 2.22. The number of piperidine rings is 1. The van der Waals surface area contributed by atoms with Gasteiger partial charge in [-0.15, -0.1) is 0 Å². The van der Waals surface area contributed by atoms with Crippen LogP contribution >= 0.6 is 0 Å². The van der Waals surface area contributed by atoms with Crippen molar-refractivity contribution in [2.45, 2.75) is 12.8 Å². The summed E-state index contributed by atoms with van der Waals surface area (Å²) in [6.45, 7) is 0.636. The first kappa shape index (κ1) is 21.7. The Hall–Kier alpha value is -4.14. The van der Waals surface area contributed by atoms with Crippen LogP contribution in [0.3, 0.4) is 0 Å². The Morgan fingerprint density at radius 2 is 1.76 bits per heavy atom. The lowest BCUT2D eigenvalue weighted by atomic mass is 9.95. The molecule has 0 saturated carbocycles. The van der Waals surface area contributed by atoms with Crippen molar-refractivity contribution < 1.29 is 18.4 Å². The predicted octanol–water partition coefficient (Wildman–Crippen LogP) is 4.19. The number of anilines is 1. The first-order valence-corrected chi connectivity index (χ1v) is 10.9. The van der Waals surface area contributed by atoms with Crippen LogP contribution in [0.5, 0.6) is 0 Å². The van der Waals surface area contributed by atoms with Crippen LogP contribution in [-0.4, -0.2) is 44.3 Å². The van der Waals surface area contributed by atoms with Gasteiger partial charge in [0.15, 0.2) is 0 Å². The Balaban J connectivity index is 1.19. The molecular formula is C25H21F2N5O2. The molecule has 0 bridgehead atoms. The maximum Gasteiger partial charge on any atom is 0.256 e. The van der Waals surface area contributed by atoms with Crippen molar-refractivity contribution in [2.75, 3.05) is 18.4 Å². The number of para-hydroxylation sites is 2. The lowest BCUT2D eigenvalue weighted by Crippen LogP contribution is -2.41. The Labute approximate surface area is 194 Å². The van der Waals surface area contributed by atoms with E-state index in [0.29, 0.717) is 43.5 Å². The summed E-state index contributed by atoms with van der Waals surface area (Å²) in [5, 5.41) is 2.88. The van der Waals surface area contributed by atoms with Crippen LogP contribution in [0.15, 0.2) is 67.1 Å². The maximum absolute atomic E-state index is 13.9. The highest BCUT2D eigenvalue weighted by molar-refractivity contribution is 5.95. The second-order valence-corrected chi connectivity index (χ2v) is 8.19. The smallest absolute Gasteiger partial charge is 0.256 e. The monoisotopic (exact) mass is 461 g/mol. The zero-order valence-electron chi connectivity index (χ0n) is 18.1. The molecule has 5 rings (SSSR count). The third kappa shape index (κ3) is 4.24. The largest absolute Gasteiger partial charge is 0.339 e. The van der Waals surface area contributed by atoms with Crippen molar-refractivity contribution in [3.05, 3.63) is 84.3 Å². The average Bonchev–Trinajstić information content (AvgIpc) is 3.28. The number of imidazole rings is 1. The van der Waals surface area contributed by atoms with Gasteiger partial charge < -0.3 is 10.2 Å². The molecule has 0 spiro atoms. The van der Waals surface area contributed by atoms with Crippen LogP contribution in [0, 0.1) is 17.6 Å². The number of amides is 2. The van der Waals surface area contributed by atoms with Gasteiger partial charge in [-0.3, -0.25) is 14.2 Å². The van der Waals surface area contributed by atoms with Gasteiger partial charge in [0.25, 0.3) is 5.91 Å². The summed E-state index contributed by atoms with van der Waals surface area (Å²) in [5.74, 6) is -1.85. The van der Waals surface area contributed by atoms with E-state index in [0.717, 1.165) is 23.2 Å². The van der Waals surface area contributed by atoms with Crippen molar-refractivity contribution in [3.8, 4) is 5.82 Å². The molecule has 1 N–H and O–H groups in total. The Morgan fingerprint density at radius 1 is 0.971 bits per heavy atom. The minimum atomic E-state index is -0.885. The summed E-state index contributed by atoms with van der Waals surface area (Å²) in [6, 6.07) is 14.2. The number of aromatic nitrogens is 3. The molecular weight excluding hydrogens is 440 g/mol. The first-order valence-electron chi connectivity index (χ1n) is 10.9. The van der Waals surface area contributed by atoms with Crippen molar-refractivity contribution in [1.29, 1.82) is 0 Å².